The highest BCUT2D eigenvalue weighted by molar-refractivity contribution is 4.97. The number of hydrogen-bond acceptors (Lipinski definition) is 3. The monoisotopic (exact) mass is 208 g/mol. The lowest BCUT2D eigenvalue weighted by Gasteiger charge is -2.15. The number of nitrogens with zero attached hydrogens (tertiary/aromatic N) is 3. The molecule has 0 radical (unpaired) electrons. The highest BCUT2D eigenvalue weighted by Crippen LogP contribution is 2.33. The van der Waals surface area contributed by atoms with Crippen molar-refractivity contribution in [3.05, 3.63) is 11.9 Å². The zero-order valence-electron chi connectivity index (χ0n) is 9.61. The smallest absolute Gasteiger partial charge is 0.0842 e. The average molecular weight is 208 g/mol. The Balaban J connectivity index is 1.86. The van der Waals surface area contributed by atoms with Gasteiger partial charge in [-0.2, -0.15) is 0 Å². The second-order valence-electron chi connectivity index (χ2n) is 4.52. The molecule has 4 heteroatoms. The predicted octanol–water partition coefficient (Wildman–Crippen LogP) is 1.14. The van der Waals surface area contributed by atoms with E-state index in [9.17, 15) is 0 Å². The largest absolute Gasteiger partial charge is 0.314 e. The van der Waals surface area contributed by atoms with Gasteiger partial charge in [0.15, 0.2) is 0 Å². The molecular weight excluding hydrogens is 188 g/mol. The Morgan fingerprint density at radius 2 is 2.40 bits per heavy atom. The van der Waals surface area contributed by atoms with Crippen molar-refractivity contribution in [3.8, 4) is 0 Å². The molecule has 1 heterocycles. The minimum atomic E-state index is 0.583. The summed E-state index contributed by atoms with van der Waals surface area (Å²) in [5.74, 6) is 0.964. The molecule has 4 nitrogen and oxygen atoms in total. The van der Waals surface area contributed by atoms with Crippen LogP contribution in [0.25, 0.3) is 0 Å². The number of hydrogen-bond donors (Lipinski definition) is 1. The van der Waals surface area contributed by atoms with Gasteiger partial charge in [-0.25, -0.2) is 0 Å². The van der Waals surface area contributed by atoms with Gasteiger partial charge in [-0.15, -0.1) is 5.10 Å². The molecule has 0 saturated heterocycles. The first-order chi connectivity index (χ1) is 7.28. The summed E-state index contributed by atoms with van der Waals surface area (Å²) in [6.07, 6.45) is 7.16. The van der Waals surface area contributed by atoms with Gasteiger partial charge in [0.2, 0.25) is 0 Å². The number of aryl methyl sites for hydroxylation is 1. The first-order valence-electron chi connectivity index (χ1n) is 5.86. The van der Waals surface area contributed by atoms with E-state index < -0.39 is 0 Å². The van der Waals surface area contributed by atoms with E-state index in [0.717, 1.165) is 24.6 Å². The van der Waals surface area contributed by atoms with Crippen LogP contribution in [0.5, 0.6) is 0 Å². The summed E-state index contributed by atoms with van der Waals surface area (Å²) in [7, 11) is 1.92. The van der Waals surface area contributed by atoms with Crippen molar-refractivity contribution in [1.82, 2.24) is 20.3 Å². The van der Waals surface area contributed by atoms with Crippen LogP contribution in [-0.2, 0) is 13.5 Å². The third-order valence-electron chi connectivity index (χ3n) is 2.91. The summed E-state index contributed by atoms with van der Waals surface area (Å²) < 4.78 is 1.77. The van der Waals surface area contributed by atoms with E-state index in [1.807, 2.05) is 13.2 Å². The molecule has 0 amide bonds. The zero-order chi connectivity index (χ0) is 10.7. The van der Waals surface area contributed by atoms with Gasteiger partial charge < -0.3 is 5.32 Å². The maximum Gasteiger partial charge on any atom is 0.0842 e. The van der Waals surface area contributed by atoms with Gasteiger partial charge in [0.05, 0.1) is 5.69 Å². The van der Waals surface area contributed by atoms with E-state index >= 15 is 0 Å². The maximum atomic E-state index is 4.14. The van der Waals surface area contributed by atoms with Crippen LogP contribution in [0.3, 0.4) is 0 Å². The Morgan fingerprint density at radius 1 is 1.60 bits per heavy atom. The lowest BCUT2D eigenvalue weighted by atomic mass is 10.1. The SMILES string of the molecule is CCNC(Cc1cn(C)nn1)CC1CC1. The third kappa shape index (κ3) is 3.30. The van der Waals surface area contributed by atoms with Crippen LogP contribution >= 0.6 is 0 Å². The van der Waals surface area contributed by atoms with Gasteiger partial charge in [-0.1, -0.05) is 25.0 Å². The molecule has 0 spiro atoms. The van der Waals surface area contributed by atoms with Crippen LogP contribution in [-0.4, -0.2) is 27.6 Å². The maximum absolute atomic E-state index is 4.14. The van der Waals surface area contributed by atoms with Crippen LogP contribution in [0.2, 0.25) is 0 Å². The van der Waals surface area contributed by atoms with E-state index in [2.05, 4.69) is 22.6 Å². The van der Waals surface area contributed by atoms with Crippen LogP contribution < -0.4 is 5.32 Å². The third-order valence-corrected chi connectivity index (χ3v) is 2.91. The van der Waals surface area contributed by atoms with Gasteiger partial charge in [0, 0.05) is 25.7 Å². The topological polar surface area (TPSA) is 42.7 Å². The minimum absolute atomic E-state index is 0.583. The van der Waals surface area contributed by atoms with E-state index in [4.69, 9.17) is 0 Å². The molecular formula is C11H20N4. The molecule has 15 heavy (non-hydrogen) atoms. The fourth-order valence-corrected chi connectivity index (χ4v) is 2.02. The summed E-state index contributed by atoms with van der Waals surface area (Å²) in [6, 6.07) is 0.583. The Hall–Kier alpha value is -0.900. The molecule has 1 aliphatic rings. The van der Waals surface area contributed by atoms with Crippen molar-refractivity contribution in [2.75, 3.05) is 6.54 Å². The van der Waals surface area contributed by atoms with E-state index in [1.165, 1.54) is 19.3 Å². The van der Waals surface area contributed by atoms with Gasteiger partial charge in [-0.3, -0.25) is 4.68 Å². The van der Waals surface area contributed by atoms with Crippen LogP contribution in [0.1, 0.15) is 31.9 Å². The normalized spacial score (nSPS) is 18.0. The van der Waals surface area contributed by atoms with Gasteiger partial charge in [0.1, 0.15) is 0 Å². The van der Waals surface area contributed by atoms with E-state index in [1.54, 1.807) is 4.68 Å². The molecule has 1 aromatic heterocycles. The van der Waals surface area contributed by atoms with Crippen LogP contribution in [0.15, 0.2) is 6.20 Å². The lowest BCUT2D eigenvalue weighted by Crippen LogP contribution is -2.31. The average Bonchev–Trinajstić information content (AvgIpc) is 2.90. The summed E-state index contributed by atoms with van der Waals surface area (Å²) in [5.41, 5.74) is 1.10. The summed E-state index contributed by atoms with van der Waals surface area (Å²) in [5, 5.41) is 11.6. The quantitative estimate of drug-likeness (QED) is 0.762. The molecule has 84 valence electrons. The molecule has 1 aliphatic carbocycles. The van der Waals surface area contributed by atoms with Gasteiger partial charge >= 0.3 is 0 Å². The summed E-state index contributed by atoms with van der Waals surface area (Å²) >= 11 is 0. The molecule has 0 bridgehead atoms. The molecule has 1 saturated carbocycles. The molecule has 1 N–H and O–H groups in total. The molecule has 1 atom stereocenters. The van der Waals surface area contributed by atoms with Gasteiger partial charge in [-0.05, 0) is 18.9 Å². The van der Waals surface area contributed by atoms with Crippen molar-refractivity contribution in [2.45, 2.75) is 38.6 Å². The first kappa shape index (κ1) is 10.6. The molecule has 1 fully saturated rings. The van der Waals surface area contributed by atoms with Crippen molar-refractivity contribution in [3.63, 3.8) is 0 Å². The van der Waals surface area contributed by atoms with Crippen molar-refractivity contribution in [1.29, 1.82) is 0 Å². The second kappa shape index (κ2) is 4.75. The Labute approximate surface area is 91.1 Å². The highest BCUT2D eigenvalue weighted by Gasteiger charge is 2.25. The molecule has 0 aromatic carbocycles. The van der Waals surface area contributed by atoms with Crippen LogP contribution in [0.4, 0.5) is 0 Å². The predicted molar refractivity (Wildman–Crippen MR) is 59.5 cm³/mol. The zero-order valence-corrected chi connectivity index (χ0v) is 9.61. The van der Waals surface area contributed by atoms with E-state index in [0.29, 0.717) is 6.04 Å². The molecule has 2 rings (SSSR count). The second-order valence-corrected chi connectivity index (χ2v) is 4.52. The number of rotatable bonds is 6. The molecule has 0 aliphatic heterocycles. The van der Waals surface area contributed by atoms with Gasteiger partial charge in [0.25, 0.3) is 0 Å². The van der Waals surface area contributed by atoms with Crippen molar-refractivity contribution >= 4 is 0 Å². The number of nitrogens with one attached hydrogen (secondary N) is 1. The van der Waals surface area contributed by atoms with Crippen molar-refractivity contribution < 1.29 is 0 Å². The lowest BCUT2D eigenvalue weighted by molar-refractivity contribution is 0.462. The fraction of sp³-hybridized carbons (Fsp3) is 0.818. The molecule has 1 unspecified atom stereocenters. The van der Waals surface area contributed by atoms with Crippen molar-refractivity contribution in [2.24, 2.45) is 13.0 Å². The fourth-order valence-electron chi connectivity index (χ4n) is 2.02. The molecule has 1 aromatic rings. The number of likely N-dealkylation sites (N-methyl/N-ethyl adjacent to an activating group) is 1. The first-order valence-corrected chi connectivity index (χ1v) is 5.86. The highest BCUT2D eigenvalue weighted by atomic mass is 15.4. The summed E-state index contributed by atoms with van der Waals surface area (Å²) in [6.45, 7) is 3.20. The Kier molecular flexibility index (Phi) is 3.36. The van der Waals surface area contributed by atoms with Crippen LogP contribution in [0, 0.1) is 5.92 Å². The van der Waals surface area contributed by atoms with E-state index in [-0.39, 0.29) is 0 Å². The summed E-state index contributed by atoms with van der Waals surface area (Å²) in [4.78, 5) is 0. The Bertz CT molecular complexity index is 303. The minimum Gasteiger partial charge on any atom is -0.314 e. The number of aromatic nitrogens is 3. The Morgan fingerprint density at radius 3 is 2.93 bits per heavy atom. The standard InChI is InChI=1S/C11H20N4/c1-3-12-10(6-9-4-5-9)7-11-8-15(2)14-13-11/h8-10,12H,3-7H2,1-2H3.